The highest BCUT2D eigenvalue weighted by Crippen LogP contribution is 2.26. The van der Waals surface area contributed by atoms with Gasteiger partial charge < -0.3 is 0 Å². The molecule has 1 N–H and O–H groups in total. The summed E-state index contributed by atoms with van der Waals surface area (Å²) < 4.78 is 29.6. The fourth-order valence-electron chi connectivity index (χ4n) is 2.87. The summed E-state index contributed by atoms with van der Waals surface area (Å²) in [5.74, 6) is 0.0712. The molecule has 3 aromatic carbocycles. The monoisotopic (exact) mass is 431 g/mol. The zero-order valence-corrected chi connectivity index (χ0v) is 16.8. The van der Waals surface area contributed by atoms with E-state index in [4.69, 9.17) is 23.2 Å². The van der Waals surface area contributed by atoms with Gasteiger partial charge in [-0.1, -0.05) is 71.7 Å². The lowest BCUT2D eigenvalue weighted by atomic mass is 10.1. The second kappa shape index (κ2) is 7.47. The van der Waals surface area contributed by atoms with Gasteiger partial charge in [0.1, 0.15) is 5.02 Å². The summed E-state index contributed by atoms with van der Waals surface area (Å²) in [6.45, 7) is 0.372. The molecule has 0 aliphatic heterocycles. The van der Waals surface area contributed by atoms with Crippen LogP contribution in [0.5, 0.6) is 0 Å². The van der Waals surface area contributed by atoms with Crippen LogP contribution in [-0.4, -0.2) is 18.2 Å². The van der Waals surface area contributed by atoms with Gasteiger partial charge in [-0.15, -0.1) is 0 Å². The van der Waals surface area contributed by atoms with Crippen molar-refractivity contribution < 1.29 is 8.42 Å². The van der Waals surface area contributed by atoms with Crippen LogP contribution in [0.4, 0.5) is 5.82 Å². The molecule has 0 aliphatic rings. The molecule has 4 aromatic rings. The molecule has 0 spiro atoms. The summed E-state index contributed by atoms with van der Waals surface area (Å²) in [6, 6.07) is 19.8. The van der Waals surface area contributed by atoms with Crippen molar-refractivity contribution in [2.24, 2.45) is 0 Å². The molecule has 0 fully saturated rings. The van der Waals surface area contributed by atoms with E-state index in [1.807, 2.05) is 42.5 Å². The predicted molar refractivity (Wildman–Crippen MR) is 113 cm³/mol. The van der Waals surface area contributed by atoms with Crippen molar-refractivity contribution in [3.05, 3.63) is 88.5 Å². The number of hydrogen-bond acceptors (Lipinski definition) is 3. The molecule has 0 aliphatic carbocycles. The van der Waals surface area contributed by atoms with Crippen molar-refractivity contribution in [2.75, 3.05) is 4.72 Å². The van der Waals surface area contributed by atoms with E-state index >= 15 is 0 Å². The Morgan fingerprint density at radius 3 is 2.39 bits per heavy atom. The number of nitrogens with zero attached hydrogens (tertiary/aromatic N) is 2. The number of rotatable bonds is 5. The minimum absolute atomic E-state index is 0.0712. The number of nitrogens with one attached hydrogen (secondary N) is 1. The molecule has 142 valence electrons. The van der Waals surface area contributed by atoms with E-state index in [9.17, 15) is 8.42 Å². The van der Waals surface area contributed by atoms with Gasteiger partial charge in [0.25, 0.3) is 10.0 Å². The maximum absolute atomic E-state index is 12.8. The fourth-order valence-corrected chi connectivity index (χ4v) is 4.37. The highest BCUT2D eigenvalue weighted by atomic mass is 35.5. The van der Waals surface area contributed by atoms with E-state index in [0.29, 0.717) is 11.6 Å². The third-order valence-corrected chi connectivity index (χ3v) is 6.25. The first-order valence-electron chi connectivity index (χ1n) is 8.40. The zero-order valence-electron chi connectivity index (χ0n) is 14.5. The van der Waals surface area contributed by atoms with Crippen molar-refractivity contribution in [1.29, 1.82) is 0 Å². The van der Waals surface area contributed by atoms with Gasteiger partial charge in [0, 0.05) is 11.2 Å². The van der Waals surface area contributed by atoms with E-state index in [-0.39, 0.29) is 15.7 Å². The van der Waals surface area contributed by atoms with Gasteiger partial charge in [-0.2, -0.15) is 5.10 Å². The highest BCUT2D eigenvalue weighted by Gasteiger charge is 2.19. The summed E-state index contributed by atoms with van der Waals surface area (Å²) in [5, 5.41) is 6.86. The Bertz CT molecular complexity index is 1270. The minimum atomic E-state index is -3.83. The predicted octanol–water partition coefficient (Wildman–Crippen LogP) is 5.19. The Hall–Kier alpha value is -2.54. The Labute approximate surface area is 172 Å². The quantitative estimate of drug-likeness (QED) is 0.472. The summed E-state index contributed by atoms with van der Waals surface area (Å²) >= 11 is 12.4. The van der Waals surface area contributed by atoms with E-state index in [2.05, 4.69) is 9.82 Å². The second-order valence-electron chi connectivity index (χ2n) is 6.23. The first-order chi connectivity index (χ1) is 13.4. The smallest absolute Gasteiger partial charge is 0.263 e. The largest absolute Gasteiger partial charge is 0.265 e. The molecule has 5 nitrogen and oxygen atoms in total. The molecule has 0 amide bonds. The van der Waals surface area contributed by atoms with Crippen molar-refractivity contribution >= 4 is 49.8 Å². The van der Waals surface area contributed by atoms with Crippen molar-refractivity contribution in [3.63, 3.8) is 0 Å². The van der Waals surface area contributed by atoms with E-state index < -0.39 is 10.0 Å². The third-order valence-electron chi connectivity index (χ3n) is 4.27. The molecule has 8 heteroatoms. The van der Waals surface area contributed by atoms with Crippen molar-refractivity contribution in [2.45, 2.75) is 11.4 Å². The van der Waals surface area contributed by atoms with Crippen LogP contribution in [0, 0.1) is 0 Å². The van der Waals surface area contributed by atoms with Gasteiger partial charge in [0.05, 0.1) is 11.4 Å². The van der Waals surface area contributed by atoms with Gasteiger partial charge >= 0.3 is 0 Å². The van der Waals surface area contributed by atoms with Crippen LogP contribution in [-0.2, 0) is 16.6 Å². The molecule has 0 bridgehead atoms. The molecular formula is C20H15Cl2N3O2S. The lowest BCUT2D eigenvalue weighted by Gasteiger charge is -2.07. The fraction of sp³-hybridized carbons (Fsp3) is 0.0500. The SMILES string of the molecule is O=S(=O)(Nc1nn(Cc2ccccc2Cl)cc1Cl)c1ccc2ccccc2c1. The molecule has 28 heavy (non-hydrogen) atoms. The number of sulfonamides is 1. The van der Waals surface area contributed by atoms with Gasteiger partial charge in [-0.3, -0.25) is 9.40 Å². The maximum Gasteiger partial charge on any atom is 0.263 e. The first kappa shape index (κ1) is 18.8. The molecule has 4 rings (SSSR count). The molecule has 1 aromatic heterocycles. The average molecular weight is 432 g/mol. The minimum Gasteiger partial charge on any atom is -0.265 e. The van der Waals surface area contributed by atoms with Crippen LogP contribution in [0.2, 0.25) is 10.0 Å². The normalized spacial score (nSPS) is 11.6. The molecule has 0 radical (unpaired) electrons. The van der Waals surface area contributed by atoms with Crippen LogP contribution in [0.3, 0.4) is 0 Å². The number of aromatic nitrogens is 2. The van der Waals surface area contributed by atoms with E-state index in [1.54, 1.807) is 35.1 Å². The number of anilines is 1. The molecule has 0 saturated carbocycles. The van der Waals surface area contributed by atoms with E-state index in [0.717, 1.165) is 16.3 Å². The van der Waals surface area contributed by atoms with Gasteiger partial charge in [0.15, 0.2) is 5.82 Å². The van der Waals surface area contributed by atoms with E-state index in [1.165, 1.54) is 0 Å². The summed E-state index contributed by atoms with van der Waals surface area (Å²) in [7, 11) is -3.83. The summed E-state index contributed by atoms with van der Waals surface area (Å²) in [6.07, 6.45) is 1.56. The van der Waals surface area contributed by atoms with Crippen LogP contribution in [0.15, 0.2) is 77.8 Å². The molecule has 1 heterocycles. The summed E-state index contributed by atoms with van der Waals surface area (Å²) in [5.41, 5.74) is 0.854. The molecule has 0 unspecified atom stereocenters. The second-order valence-corrected chi connectivity index (χ2v) is 8.73. The number of hydrogen-bond donors (Lipinski definition) is 1. The van der Waals surface area contributed by atoms with Gasteiger partial charge in [-0.05, 0) is 34.5 Å². The number of fused-ring (bicyclic) bond motifs is 1. The number of halogens is 2. The van der Waals surface area contributed by atoms with Crippen molar-refractivity contribution in [3.8, 4) is 0 Å². The highest BCUT2D eigenvalue weighted by molar-refractivity contribution is 7.92. The summed E-state index contributed by atoms with van der Waals surface area (Å²) in [4.78, 5) is 0.142. The van der Waals surface area contributed by atoms with Crippen LogP contribution < -0.4 is 4.72 Å². The average Bonchev–Trinajstić information content (AvgIpc) is 3.01. The molecular weight excluding hydrogens is 417 g/mol. The van der Waals surface area contributed by atoms with Crippen LogP contribution >= 0.6 is 23.2 Å². The molecule has 0 saturated heterocycles. The number of benzene rings is 3. The maximum atomic E-state index is 12.8. The third kappa shape index (κ3) is 3.85. The molecule has 0 atom stereocenters. The standard InChI is InChI=1S/C20H15Cl2N3O2S/c21-18-8-4-3-7-16(18)12-25-13-19(22)20(23-25)24-28(26,27)17-10-9-14-5-1-2-6-15(14)11-17/h1-11,13H,12H2,(H,23,24). The Morgan fingerprint density at radius 1 is 0.893 bits per heavy atom. The lowest BCUT2D eigenvalue weighted by molar-refractivity contribution is 0.600. The Balaban J connectivity index is 1.61. The van der Waals surface area contributed by atoms with Crippen LogP contribution in [0.1, 0.15) is 5.56 Å². The first-order valence-corrected chi connectivity index (χ1v) is 10.6. The van der Waals surface area contributed by atoms with Crippen molar-refractivity contribution in [1.82, 2.24) is 9.78 Å². The van der Waals surface area contributed by atoms with Gasteiger partial charge in [0.2, 0.25) is 0 Å². The Morgan fingerprint density at radius 2 is 1.61 bits per heavy atom. The van der Waals surface area contributed by atoms with Gasteiger partial charge in [-0.25, -0.2) is 8.42 Å². The Kier molecular flexibility index (Phi) is 5.02. The lowest BCUT2D eigenvalue weighted by Crippen LogP contribution is -2.14. The topological polar surface area (TPSA) is 64.0 Å². The van der Waals surface area contributed by atoms with Crippen LogP contribution in [0.25, 0.3) is 10.8 Å². The zero-order chi connectivity index (χ0) is 19.7.